The van der Waals surface area contributed by atoms with Crippen molar-refractivity contribution in [3.8, 4) is 11.1 Å². The summed E-state index contributed by atoms with van der Waals surface area (Å²) in [5.74, 6) is 0.367. The minimum atomic E-state index is -3.92. The number of aromatic nitrogens is 4. The molecule has 1 aliphatic carbocycles. The molecule has 4 aromatic rings. The van der Waals surface area contributed by atoms with Crippen molar-refractivity contribution in [2.75, 3.05) is 0 Å². The third-order valence-electron chi connectivity index (χ3n) is 6.12. The van der Waals surface area contributed by atoms with Gasteiger partial charge in [-0.1, -0.05) is 37.5 Å². The second kappa shape index (κ2) is 8.12. The third-order valence-corrected chi connectivity index (χ3v) is 7.79. The Labute approximate surface area is 184 Å². The fourth-order valence-corrected chi connectivity index (χ4v) is 5.80. The predicted octanol–water partition coefficient (Wildman–Crippen LogP) is 5.58. The molecule has 0 amide bonds. The van der Waals surface area contributed by atoms with Crippen molar-refractivity contribution in [1.82, 2.24) is 18.7 Å². The molecule has 3 aromatic heterocycles. The van der Waals surface area contributed by atoms with Gasteiger partial charge in [-0.05, 0) is 42.5 Å². The van der Waals surface area contributed by atoms with Crippen LogP contribution in [-0.2, 0) is 10.0 Å². The van der Waals surface area contributed by atoms with E-state index in [1.807, 2.05) is 6.07 Å². The lowest BCUT2D eigenvalue weighted by atomic mass is 9.84. The molecule has 1 aliphatic rings. The molecule has 0 aliphatic heterocycles. The second-order valence-corrected chi connectivity index (χ2v) is 9.93. The van der Waals surface area contributed by atoms with Crippen LogP contribution in [-0.4, -0.2) is 27.2 Å². The van der Waals surface area contributed by atoms with Gasteiger partial charge in [0.2, 0.25) is 0 Å². The van der Waals surface area contributed by atoms with Gasteiger partial charge in [-0.3, -0.25) is 0 Å². The first-order valence-corrected chi connectivity index (χ1v) is 12.0. The summed E-state index contributed by atoms with van der Waals surface area (Å²) >= 11 is 0. The number of benzene rings is 1. The van der Waals surface area contributed by atoms with E-state index in [9.17, 15) is 17.2 Å². The summed E-state index contributed by atoms with van der Waals surface area (Å²) in [6.07, 6.45) is 11.4. The Kier molecular flexibility index (Phi) is 5.28. The summed E-state index contributed by atoms with van der Waals surface area (Å²) in [7, 11) is -3.92. The van der Waals surface area contributed by atoms with Crippen LogP contribution >= 0.6 is 0 Å². The van der Waals surface area contributed by atoms with E-state index < -0.39 is 16.6 Å². The zero-order valence-corrected chi connectivity index (χ0v) is 18.0. The smallest absolute Gasteiger partial charge is 0.237 e. The van der Waals surface area contributed by atoms with E-state index in [-0.39, 0.29) is 10.5 Å². The molecular formula is C23H22F2N4O2S. The Morgan fingerprint density at radius 1 is 1.00 bits per heavy atom. The Morgan fingerprint density at radius 3 is 2.44 bits per heavy atom. The van der Waals surface area contributed by atoms with Gasteiger partial charge in [0.25, 0.3) is 10.0 Å². The Morgan fingerprint density at radius 2 is 1.75 bits per heavy atom. The maximum absolute atomic E-state index is 13.4. The molecule has 1 fully saturated rings. The fraction of sp³-hybridized carbons (Fsp3) is 0.304. The van der Waals surface area contributed by atoms with E-state index in [0.29, 0.717) is 27.1 Å². The molecule has 9 heteroatoms. The third kappa shape index (κ3) is 3.60. The molecule has 1 saturated carbocycles. The van der Waals surface area contributed by atoms with Crippen molar-refractivity contribution in [2.45, 2.75) is 49.5 Å². The first kappa shape index (κ1) is 20.8. The lowest BCUT2D eigenvalue weighted by Crippen LogP contribution is -2.12. The summed E-state index contributed by atoms with van der Waals surface area (Å²) in [4.78, 5) is 4.67. The number of fused-ring (bicyclic) bond motifs is 1. The molecule has 32 heavy (non-hydrogen) atoms. The maximum atomic E-state index is 13.4. The number of nitrogens with zero attached hydrogens (tertiary/aromatic N) is 4. The standard InChI is InChI=1S/C23H22F2N4O2S/c24-23(25)28-14-18(13-27-28)21-15-29(32(30,31)19-9-5-2-6-10-19)22-20(21)11-17(12-26-22)16-7-3-1-4-8-16/h2,5-6,9-16,23H,1,3-4,7-8H2. The topological polar surface area (TPSA) is 69.8 Å². The van der Waals surface area contributed by atoms with Crippen LogP contribution in [0, 0.1) is 0 Å². The van der Waals surface area contributed by atoms with Crippen LogP contribution in [0.5, 0.6) is 0 Å². The second-order valence-electron chi connectivity index (χ2n) is 8.12. The quantitative estimate of drug-likeness (QED) is 0.393. The zero-order chi connectivity index (χ0) is 22.3. The molecule has 166 valence electrons. The highest BCUT2D eigenvalue weighted by Crippen LogP contribution is 2.37. The van der Waals surface area contributed by atoms with Crippen molar-refractivity contribution in [3.63, 3.8) is 0 Å². The number of halogens is 2. The maximum Gasteiger partial charge on any atom is 0.333 e. The van der Waals surface area contributed by atoms with Crippen molar-refractivity contribution in [2.24, 2.45) is 0 Å². The van der Waals surface area contributed by atoms with Gasteiger partial charge in [-0.15, -0.1) is 0 Å². The van der Waals surface area contributed by atoms with E-state index in [1.54, 1.807) is 24.4 Å². The SMILES string of the molecule is O=S(=O)(c1ccccc1)n1cc(-c2cnn(C(F)F)c2)c2cc(C3CCCCC3)cnc21. The zero-order valence-electron chi connectivity index (χ0n) is 17.2. The molecule has 1 aromatic carbocycles. The van der Waals surface area contributed by atoms with Gasteiger partial charge in [-0.2, -0.15) is 13.9 Å². The van der Waals surface area contributed by atoms with Gasteiger partial charge in [-0.25, -0.2) is 22.1 Å². The van der Waals surface area contributed by atoms with Crippen molar-refractivity contribution in [3.05, 3.63) is 66.7 Å². The number of pyridine rings is 1. The van der Waals surface area contributed by atoms with Gasteiger partial charge < -0.3 is 0 Å². The van der Waals surface area contributed by atoms with Crippen LogP contribution in [0.4, 0.5) is 8.78 Å². The molecular weight excluding hydrogens is 434 g/mol. The van der Waals surface area contributed by atoms with E-state index in [0.717, 1.165) is 35.2 Å². The number of rotatable bonds is 5. The number of alkyl halides is 2. The van der Waals surface area contributed by atoms with Crippen LogP contribution in [0.2, 0.25) is 0 Å². The molecule has 0 N–H and O–H groups in total. The van der Waals surface area contributed by atoms with E-state index >= 15 is 0 Å². The summed E-state index contributed by atoms with van der Waals surface area (Å²) in [6, 6.07) is 10.1. The van der Waals surface area contributed by atoms with Crippen LogP contribution in [0.1, 0.15) is 50.1 Å². The minimum absolute atomic E-state index is 0.130. The van der Waals surface area contributed by atoms with Crippen molar-refractivity contribution >= 4 is 21.1 Å². The highest BCUT2D eigenvalue weighted by Gasteiger charge is 2.25. The summed E-state index contributed by atoms with van der Waals surface area (Å²) in [5.41, 5.74) is 2.25. The highest BCUT2D eigenvalue weighted by molar-refractivity contribution is 7.90. The summed E-state index contributed by atoms with van der Waals surface area (Å²) < 4.78 is 54.7. The van der Waals surface area contributed by atoms with E-state index in [4.69, 9.17) is 0 Å². The van der Waals surface area contributed by atoms with Gasteiger partial charge in [0.05, 0.1) is 11.1 Å². The molecule has 6 nitrogen and oxygen atoms in total. The lowest BCUT2D eigenvalue weighted by molar-refractivity contribution is 0.0566. The Hall–Kier alpha value is -3.07. The lowest BCUT2D eigenvalue weighted by Gasteiger charge is -2.21. The van der Waals surface area contributed by atoms with Crippen LogP contribution in [0.15, 0.2) is 66.1 Å². The summed E-state index contributed by atoms with van der Waals surface area (Å²) in [5, 5.41) is 4.34. The minimum Gasteiger partial charge on any atom is -0.237 e. The highest BCUT2D eigenvalue weighted by atomic mass is 32.2. The molecule has 0 unspecified atom stereocenters. The first-order chi connectivity index (χ1) is 15.4. The van der Waals surface area contributed by atoms with Gasteiger partial charge in [0, 0.05) is 35.1 Å². The molecule has 0 atom stereocenters. The van der Waals surface area contributed by atoms with E-state index in [2.05, 4.69) is 10.1 Å². The monoisotopic (exact) mass is 456 g/mol. The molecule has 0 radical (unpaired) electrons. The molecule has 5 rings (SSSR count). The normalized spacial score (nSPS) is 15.6. The number of hydrogen-bond acceptors (Lipinski definition) is 4. The van der Waals surface area contributed by atoms with Crippen LogP contribution in [0.25, 0.3) is 22.2 Å². The molecule has 3 heterocycles. The van der Waals surface area contributed by atoms with Gasteiger partial charge in [0.1, 0.15) is 0 Å². The molecule has 0 saturated heterocycles. The van der Waals surface area contributed by atoms with Crippen LogP contribution in [0.3, 0.4) is 0 Å². The Bertz CT molecular complexity index is 1360. The molecule has 0 bridgehead atoms. The van der Waals surface area contributed by atoms with Crippen molar-refractivity contribution < 1.29 is 17.2 Å². The largest absolute Gasteiger partial charge is 0.333 e. The first-order valence-electron chi connectivity index (χ1n) is 10.6. The van der Waals surface area contributed by atoms with Gasteiger partial charge in [0.15, 0.2) is 5.65 Å². The van der Waals surface area contributed by atoms with E-state index in [1.165, 1.54) is 37.1 Å². The molecule has 0 spiro atoms. The average Bonchev–Trinajstić information content (AvgIpc) is 3.45. The average molecular weight is 457 g/mol. The summed E-state index contributed by atoms with van der Waals surface area (Å²) in [6.45, 7) is -2.78. The van der Waals surface area contributed by atoms with Gasteiger partial charge >= 0.3 is 6.55 Å². The number of hydrogen-bond donors (Lipinski definition) is 0. The van der Waals surface area contributed by atoms with Crippen molar-refractivity contribution in [1.29, 1.82) is 0 Å². The predicted molar refractivity (Wildman–Crippen MR) is 117 cm³/mol. The van der Waals surface area contributed by atoms with Crippen LogP contribution < -0.4 is 0 Å². The fourth-order valence-electron chi connectivity index (χ4n) is 4.46. The Balaban J connectivity index is 1.71.